The van der Waals surface area contributed by atoms with E-state index in [1.54, 1.807) is 0 Å². The molecule has 1 N–H and O–H groups in total. The van der Waals surface area contributed by atoms with E-state index in [1.807, 2.05) is 12.1 Å². The van der Waals surface area contributed by atoms with Gasteiger partial charge in [0.2, 0.25) is 0 Å². The van der Waals surface area contributed by atoms with E-state index in [0.717, 1.165) is 12.8 Å². The highest BCUT2D eigenvalue weighted by Crippen LogP contribution is 2.28. The van der Waals surface area contributed by atoms with Crippen LogP contribution in [0.1, 0.15) is 29.5 Å². The SMILES string of the molecule is Cc1cccc2c1CCC(CC(O)C#N)=C2. The largest absolute Gasteiger partial charge is 0.378 e. The zero-order chi connectivity index (χ0) is 11.5. The van der Waals surface area contributed by atoms with Gasteiger partial charge in [-0.3, -0.25) is 0 Å². The molecule has 16 heavy (non-hydrogen) atoms. The molecular weight excluding hydrogens is 198 g/mol. The molecule has 1 aromatic carbocycles. The Hall–Kier alpha value is -1.59. The van der Waals surface area contributed by atoms with E-state index in [4.69, 9.17) is 5.26 Å². The zero-order valence-electron chi connectivity index (χ0n) is 9.40. The third kappa shape index (κ3) is 2.15. The van der Waals surface area contributed by atoms with Crippen molar-refractivity contribution < 1.29 is 5.11 Å². The van der Waals surface area contributed by atoms with E-state index < -0.39 is 6.10 Å². The molecule has 0 saturated heterocycles. The fourth-order valence-corrected chi connectivity index (χ4v) is 2.23. The van der Waals surface area contributed by atoms with Crippen molar-refractivity contribution in [3.05, 3.63) is 40.5 Å². The second-order valence-corrected chi connectivity index (χ2v) is 4.29. The van der Waals surface area contributed by atoms with Gasteiger partial charge in [0.1, 0.15) is 6.10 Å². The second kappa shape index (κ2) is 4.51. The van der Waals surface area contributed by atoms with Crippen molar-refractivity contribution in [2.24, 2.45) is 0 Å². The molecule has 82 valence electrons. The number of rotatable bonds is 2. The lowest BCUT2D eigenvalue weighted by Gasteiger charge is -2.18. The van der Waals surface area contributed by atoms with Crippen molar-refractivity contribution in [3.63, 3.8) is 0 Å². The van der Waals surface area contributed by atoms with Gasteiger partial charge in [-0.05, 0) is 36.5 Å². The summed E-state index contributed by atoms with van der Waals surface area (Å²) in [4.78, 5) is 0. The number of nitrogens with zero attached hydrogens (tertiary/aromatic N) is 1. The number of benzene rings is 1. The molecule has 0 aromatic heterocycles. The Morgan fingerprint density at radius 2 is 2.25 bits per heavy atom. The van der Waals surface area contributed by atoms with Crippen LogP contribution in [0.2, 0.25) is 0 Å². The van der Waals surface area contributed by atoms with E-state index in [9.17, 15) is 5.11 Å². The Labute approximate surface area is 95.8 Å². The number of aliphatic hydroxyl groups excluding tert-OH is 1. The molecular formula is C14H15NO. The van der Waals surface area contributed by atoms with Gasteiger partial charge in [0.25, 0.3) is 0 Å². The summed E-state index contributed by atoms with van der Waals surface area (Å²) >= 11 is 0. The summed E-state index contributed by atoms with van der Waals surface area (Å²) in [5.74, 6) is 0. The van der Waals surface area contributed by atoms with E-state index in [2.05, 4.69) is 25.1 Å². The van der Waals surface area contributed by atoms with Gasteiger partial charge >= 0.3 is 0 Å². The van der Waals surface area contributed by atoms with Crippen molar-refractivity contribution >= 4 is 6.08 Å². The molecule has 0 bridgehead atoms. The third-order valence-electron chi connectivity index (χ3n) is 3.11. The molecule has 1 atom stereocenters. The second-order valence-electron chi connectivity index (χ2n) is 4.29. The molecule has 0 radical (unpaired) electrons. The number of nitriles is 1. The van der Waals surface area contributed by atoms with Crippen LogP contribution in [-0.4, -0.2) is 11.2 Å². The van der Waals surface area contributed by atoms with Crippen LogP contribution in [0.3, 0.4) is 0 Å². The first-order valence-electron chi connectivity index (χ1n) is 5.56. The summed E-state index contributed by atoms with van der Waals surface area (Å²) in [6.07, 6.45) is 3.70. The normalized spacial score (nSPS) is 15.9. The summed E-state index contributed by atoms with van der Waals surface area (Å²) < 4.78 is 0. The molecule has 1 unspecified atom stereocenters. The molecule has 2 heteroatoms. The van der Waals surface area contributed by atoms with Crippen LogP contribution in [-0.2, 0) is 6.42 Å². The van der Waals surface area contributed by atoms with Crippen LogP contribution in [0.25, 0.3) is 6.08 Å². The highest BCUT2D eigenvalue weighted by Gasteiger charge is 2.14. The van der Waals surface area contributed by atoms with Crippen LogP contribution in [0.15, 0.2) is 23.8 Å². The Bertz CT molecular complexity index is 468. The standard InChI is InChI=1S/C14H15NO/c1-10-3-2-4-12-7-11(5-6-14(10)12)8-13(16)9-15/h2-4,7,13,16H,5-6,8H2,1H3. The van der Waals surface area contributed by atoms with E-state index in [-0.39, 0.29) is 0 Å². The summed E-state index contributed by atoms with van der Waals surface area (Å²) in [7, 11) is 0. The van der Waals surface area contributed by atoms with Crippen LogP contribution >= 0.6 is 0 Å². The van der Waals surface area contributed by atoms with Crippen molar-refractivity contribution in [1.82, 2.24) is 0 Å². The first-order chi connectivity index (χ1) is 7.70. The van der Waals surface area contributed by atoms with Gasteiger partial charge in [-0.25, -0.2) is 0 Å². The van der Waals surface area contributed by atoms with Crippen LogP contribution in [0, 0.1) is 18.3 Å². The smallest absolute Gasteiger partial charge is 0.144 e. The van der Waals surface area contributed by atoms with Gasteiger partial charge in [0.05, 0.1) is 6.07 Å². The molecule has 1 aromatic rings. The number of aryl methyl sites for hydroxylation is 1. The Morgan fingerprint density at radius 1 is 1.44 bits per heavy atom. The Kier molecular flexibility index (Phi) is 3.07. The van der Waals surface area contributed by atoms with Gasteiger partial charge < -0.3 is 5.11 Å². The quantitative estimate of drug-likeness (QED) is 0.767. The van der Waals surface area contributed by atoms with Gasteiger partial charge in [-0.1, -0.05) is 29.8 Å². The minimum absolute atomic E-state index is 0.476. The van der Waals surface area contributed by atoms with E-state index in [0.29, 0.717) is 6.42 Å². The molecule has 0 spiro atoms. The highest BCUT2D eigenvalue weighted by molar-refractivity contribution is 5.61. The van der Waals surface area contributed by atoms with Gasteiger partial charge in [0.15, 0.2) is 0 Å². The number of fused-ring (bicyclic) bond motifs is 1. The zero-order valence-corrected chi connectivity index (χ0v) is 9.40. The molecule has 0 amide bonds. The topological polar surface area (TPSA) is 44.0 Å². The molecule has 1 aliphatic carbocycles. The average Bonchev–Trinajstić information content (AvgIpc) is 2.29. The fraction of sp³-hybridized carbons (Fsp3) is 0.357. The van der Waals surface area contributed by atoms with E-state index >= 15 is 0 Å². The maximum atomic E-state index is 9.31. The minimum atomic E-state index is -0.863. The summed E-state index contributed by atoms with van der Waals surface area (Å²) in [6, 6.07) is 8.14. The van der Waals surface area contributed by atoms with Crippen LogP contribution < -0.4 is 0 Å². The van der Waals surface area contributed by atoms with Crippen molar-refractivity contribution in [2.45, 2.75) is 32.3 Å². The summed E-state index contributed by atoms with van der Waals surface area (Å²) in [6.45, 7) is 2.13. The Morgan fingerprint density at radius 3 is 3.00 bits per heavy atom. The lowest BCUT2D eigenvalue weighted by atomic mass is 9.87. The minimum Gasteiger partial charge on any atom is -0.378 e. The highest BCUT2D eigenvalue weighted by atomic mass is 16.3. The monoisotopic (exact) mass is 213 g/mol. The summed E-state index contributed by atoms with van der Waals surface area (Å²) in [5.41, 5.74) is 5.14. The molecule has 0 aliphatic heterocycles. The molecule has 1 aliphatic rings. The van der Waals surface area contributed by atoms with Crippen LogP contribution in [0.5, 0.6) is 0 Å². The van der Waals surface area contributed by atoms with Gasteiger partial charge in [-0.2, -0.15) is 5.26 Å². The van der Waals surface area contributed by atoms with Crippen molar-refractivity contribution in [1.29, 1.82) is 5.26 Å². The molecule has 0 heterocycles. The third-order valence-corrected chi connectivity index (χ3v) is 3.11. The van der Waals surface area contributed by atoms with Gasteiger partial charge in [0, 0.05) is 6.42 Å². The number of hydrogen-bond donors (Lipinski definition) is 1. The van der Waals surface area contributed by atoms with Gasteiger partial charge in [-0.15, -0.1) is 0 Å². The van der Waals surface area contributed by atoms with Crippen molar-refractivity contribution in [2.75, 3.05) is 0 Å². The first-order valence-corrected chi connectivity index (χ1v) is 5.56. The van der Waals surface area contributed by atoms with E-state index in [1.165, 1.54) is 22.3 Å². The molecule has 2 nitrogen and oxygen atoms in total. The molecule has 0 saturated carbocycles. The first kappa shape index (κ1) is 10.9. The Balaban J connectivity index is 2.26. The number of hydrogen-bond acceptors (Lipinski definition) is 2. The lowest BCUT2D eigenvalue weighted by molar-refractivity contribution is 0.229. The number of aliphatic hydroxyl groups is 1. The fourth-order valence-electron chi connectivity index (χ4n) is 2.23. The maximum Gasteiger partial charge on any atom is 0.144 e. The van der Waals surface area contributed by atoms with Crippen molar-refractivity contribution in [3.8, 4) is 6.07 Å². The lowest BCUT2D eigenvalue weighted by Crippen LogP contribution is -2.08. The predicted molar refractivity (Wildman–Crippen MR) is 63.7 cm³/mol. The molecule has 2 rings (SSSR count). The average molecular weight is 213 g/mol. The summed E-state index contributed by atoms with van der Waals surface area (Å²) in [5, 5.41) is 17.9. The maximum absolute atomic E-state index is 9.31. The predicted octanol–water partition coefficient (Wildman–Crippen LogP) is 2.60. The molecule has 0 fully saturated rings. The van der Waals surface area contributed by atoms with Crippen LogP contribution in [0.4, 0.5) is 0 Å².